The average Bonchev–Trinajstić information content (AvgIpc) is 3.12. The molecule has 0 radical (unpaired) electrons. The molecule has 2 atom stereocenters. The SMILES string of the molecule is CC1CN2C(=O)CN(C(=O)c3cccc4c3-c3ccccc3C4=O)CC2c2ccccc21. The standard InChI is InChI=1S/C27H22N2O3/c1-16-13-29-23(18-8-3-2-7-17(16)18)14-28(15-24(29)30)27(32)22-12-6-11-21-25(22)19-9-4-5-10-20(19)26(21)31/h2-12,16,23H,13-15H2,1H3. The van der Waals surface area contributed by atoms with Crippen molar-refractivity contribution in [3.05, 3.63) is 94.5 Å². The fourth-order valence-electron chi connectivity index (χ4n) is 5.53. The van der Waals surface area contributed by atoms with E-state index in [1.165, 1.54) is 5.56 Å². The first-order valence-electron chi connectivity index (χ1n) is 11.0. The maximum atomic E-state index is 13.7. The molecule has 2 aliphatic heterocycles. The molecular weight excluding hydrogens is 400 g/mol. The first-order chi connectivity index (χ1) is 15.5. The first-order valence-corrected chi connectivity index (χ1v) is 11.0. The van der Waals surface area contributed by atoms with Gasteiger partial charge in [0.05, 0.1) is 6.04 Å². The van der Waals surface area contributed by atoms with Crippen molar-refractivity contribution < 1.29 is 14.4 Å². The van der Waals surface area contributed by atoms with Gasteiger partial charge in [0.15, 0.2) is 5.78 Å². The molecule has 0 aromatic heterocycles. The van der Waals surface area contributed by atoms with Gasteiger partial charge in [-0.3, -0.25) is 14.4 Å². The lowest BCUT2D eigenvalue weighted by atomic mass is 9.84. The summed E-state index contributed by atoms with van der Waals surface area (Å²) in [6, 6.07) is 20.8. The fourth-order valence-corrected chi connectivity index (χ4v) is 5.53. The Labute approximate surface area is 186 Å². The quantitative estimate of drug-likeness (QED) is 0.465. The Morgan fingerprint density at radius 3 is 2.31 bits per heavy atom. The van der Waals surface area contributed by atoms with Gasteiger partial charge < -0.3 is 9.80 Å². The highest BCUT2D eigenvalue weighted by Gasteiger charge is 2.41. The number of piperazine rings is 1. The molecule has 6 rings (SSSR count). The van der Waals surface area contributed by atoms with Gasteiger partial charge in [0.1, 0.15) is 6.54 Å². The molecule has 158 valence electrons. The third-order valence-corrected chi connectivity index (χ3v) is 7.04. The molecule has 0 bridgehead atoms. The lowest BCUT2D eigenvalue weighted by molar-refractivity contribution is -0.139. The highest BCUT2D eigenvalue weighted by Crippen LogP contribution is 2.41. The van der Waals surface area contributed by atoms with E-state index in [1.54, 1.807) is 29.2 Å². The van der Waals surface area contributed by atoms with Gasteiger partial charge in [0.25, 0.3) is 5.91 Å². The number of hydrogen-bond acceptors (Lipinski definition) is 3. The van der Waals surface area contributed by atoms with Gasteiger partial charge in [0.2, 0.25) is 5.91 Å². The van der Waals surface area contributed by atoms with Crippen LogP contribution in [0.3, 0.4) is 0 Å². The zero-order chi connectivity index (χ0) is 22.0. The summed E-state index contributed by atoms with van der Waals surface area (Å²) in [5.74, 6) is -0.00892. The van der Waals surface area contributed by atoms with Crippen LogP contribution < -0.4 is 0 Å². The molecule has 3 aromatic rings. The van der Waals surface area contributed by atoms with Crippen LogP contribution in [0.5, 0.6) is 0 Å². The molecular formula is C27H22N2O3. The van der Waals surface area contributed by atoms with E-state index in [1.807, 2.05) is 35.2 Å². The molecule has 1 aliphatic carbocycles. The second-order valence-electron chi connectivity index (χ2n) is 8.88. The van der Waals surface area contributed by atoms with E-state index < -0.39 is 0 Å². The summed E-state index contributed by atoms with van der Waals surface area (Å²) < 4.78 is 0. The van der Waals surface area contributed by atoms with E-state index in [2.05, 4.69) is 19.1 Å². The minimum Gasteiger partial charge on any atom is -0.332 e. The van der Waals surface area contributed by atoms with Crippen molar-refractivity contribution in [3.8, 4) is 11.1 Å². The topological polar surface area (TPSA) is 57.7 Å². The maximum absolute atomic E-state index is 13.7. The molecule has 3 aromatic carbocycles. The van der Waals surface area contributed by atoms with Gasteiger partial charge in [-0.2, -0.15) is 0 Å². The van der Waals surface area contributed by atoms with Gasteiger partial charge >= 0.3 is 0 Å². The molecule has 0 N–H and O–H groups in total. The summed E-state index contributed by atoms with van der Waals surface area (Å²) in [6.45, 7) is 3.32. The predicted molar refractivity (Wildman–Crippen MR) is 121 cm³/mol. The monoisotopic (exact) mass is 422 g/mol. The number of rotatable bonds is 1. The second-order valence-corrected chi connectivity index (χ2v) is 8.88. The number of benzene rings is 3. The van der Waals surface area contributed by atoms with Crippen LogP contribution in [0.25, 0.3) is 11.1 Å². The van der Waals surface area contributed by atoms with Crippen LogP contribution in [0.1, 0.15) is 56.3 Å². The molecule has 2 amide bonds. The summed E-state index contributed by atoms with van der Waals surface area (Å²) in [7, 11) is 0. The minimum absolute atomic E-state index is 0.0278. The average molecular weight is 422 g/mol. The molecule has 0 spiro atoms. The zero-order valence-corrected chi connectivity index (χ0v) is 17.7. The number of hydrogen-bond donors (Lipinski definition) is 0. The van der Waals surface area contributed by atoms with Gasteiger partial charge in [-0.05, 0) is 28.7 Å². The van der Waals surface area contributed by atoms with E-state index in [9.17, 15) is 14.4 Å². The fraction of sp³-hybridized carbons (Fsp3) is 0.222. The number of nitrogens with zero attached hydrogens (tertiary/aromatic N) is 2. The van der Waals surface area contributed by atoms with E-state index in [0.717, 1.165) is 11.1 Å². The molecule has 0 saturated carbocycles. The summed E-state index contributed by atoms with van der Waals surface area (Å²) in [5.41, 5.74) is 5.51. The molecule has 5 heteroatoms. The highest BCUT2D eigenvalue weighted by molar-refractivity contribution is 6.24. The van der Waals surface area contributed by atoms with Gasteiger partial charge in [-0.15, -0.1) is 0 Å². The Bertz CT molecular complexity index is 1310. The van der Waals surface area contributed by atoms with Crippen molar-refractivity contribution in [1.29, 1.82) is 0 Å². The van der Waals surface area contributed by atoms with E-state index in [-0.39, 0.29) is 36.1 Å². The summed E-state index contributed by atoms with van der Waals surface area (Å²) in [6.07, 6.45) is 0. The van der Waals surface area contributed by atoms with Crippen molar-refractivity contribution in [1.82, 2.24) is 9.80 Å². The van der Waals surface area contributed by atoms with Gasteiger partial charge in [0, 0.05) is 35.3 Å². The van der Waals surface area contributed by atoms with E-state index in [0.29, 0.717) is 35.3 Å². The third kappa shape index (κ3) is 2.60. The molecule has 2 unspecified atom stereocenters. The molecule has 5 nitrogen and oxygen atoms in total. The van der Waals surface area contributed by atoms with Crippen molar-refractivity contribution >= 4 is 17.6 Å². The Kier molecular flexibility index (Phi) is 4.09. The smallest absolute Gasteiger partial charge is 0.255 e. The predicted octanol–water partition coefficient (Wildman–Crippen LogP) is 4.04. The van der Waals surface area contributed by atoms with Crippen LogP contribution in [-0.2, 0) is 4.79 Å². The van der Waals surface area contributed by atoms with Gasteiger partial charge in [-0.1, -0.05) is 67.6 Å². The van der Waals surface area contributed by atoms with Crippen molar-refractivity contribution in [2.45, 2.75) is 18.9 Å². The van der Waals surface area contributed by atoms with Crippen LogP contribution in [0.4, 0.5) is 0 Å². The van der Waals surface area contributed by atoms with Crippen LogP contribution in [0.2, 0.25) is 0 Å². The zero-order valence-electron chi connectivity index (χ0n) is 17.7. The third-order valence-electron chi connectivity index (χ3n) is 7.04. The highest BCUT2D eigenvalue weighted by atomic mass is 16.2. The molecule has 3 aliphatic rings. The maximum Gasteiger partial charge on any atom is 0.255 e. The number of fused-ring (bicyclic) bond motifs is 6. The molecule has 32 heavy (non-hydrogen) atoms. The van der Waals surface area contributed by atoms with E-state index >= 15 is 0 Å². The minimum atomic E-state index is -0.199. The Hall–Kier alpha value is -3.73. The summed E-state index contributed by atoms with van der Waals surface area (Å²) in [5, 5.41) is 0. The van der Waals surface area contributed by atoms with Crippen molar-refractivity contribution in [2.24, 2.45) is 0 Å². The van der Waals surface area contributed by atoms with Crippen LogP contribution in [0, 0.1) is 0 Å². The first kappa shape index (κ1) is 19.0. The van der Waals surface area contributed by atoms with Crippen molar-refractivity contribution in [2.75, 3.05) is 19.6 Å². The molecule has 1 fully saturated rings. The summed E-state index contributed by atoms with van der Waals surface area (Å²) >= 11 is 0. The number of amides is 2. The Morgan fingerprint density at radius 2 is 1.50 bits per heavy atom. The van der Waals surface area contributed by atoms with Gasteiger partial charge in [-0.25, -0.2) is 0 Å². The second kappa shape index (κ2) is 6.89. The van der Waals surface area contributed by atoms with Crippen LogP contribution in [-0.4, -0.2) is 47.0 Å². The van der Waals surface area contributed by atoms with Crippen molar-refractivity contribution in [3.63, 3.8) is 0 Å². The van der Waals surface area contributed by atoms with Crippen LogP contribution >= 0.6 is 0 Å². The number of ketones is 1. The lowest BCUT2D eigenvalue weighted by Gasteiger charge is -2.46. The van der Waals surface area contributed by atoms with Crippen LogP contribution in [0.15, 0.2) is 66.7 Å². The Balaban J connectivity index is 1.40. The normalized spacial score (nSPS) is 21.0. The Morgan fingerprint density at radius 1 is 0.812 bits per heavy atom. The molecule has 2 heterocycles. The molecule has 1 saturated heterocycles. The largest absolute Gasteiger partial charge is 0.332 e. The van der Waals surface area contributed by atoms with E-state index in [4.69, 9.17) is 0 Å². The number of carbonyl (C=O) groups excluding carboxylic acids is 3. The number of carbonyl (C=O) groups is 3. The summed E-state index contributed by atoms with van der Waals surface area (Å²) in [4.78, 5) is 43.2. The lowest BCUT2D eigenvalue weighted by Crippen LogP contribution is -2.56.